The zero-order valence-corrected chi connectivity index (χ0v) is 13.9. The first-order chi connectivity index (χ1) is 9.92. The minimum absolute atomic E-state index is 0.265. The van der Waals surface area contributed by atoms with Crippen molar-refractivity contribution in [3.63, 3.8) is 0 Å². The number of rotatable bonds is 9. The van der Waals surface area contributed by atoms with Crippen molar-refractivity contribution in [2.75, 3.05) is 26.4 Å². The molecule has 0 saturated carbocycles. The van der Waals surface area contributed by atoms with Crippen LogP contribution < -0.4 is 10.1 Å². The number of allylic oxidation sites excluding steroid dienone is 1. The molecule has 0 atom stereocenters. The largest absolute Gasteiger partial charge is 0.491 e. The Kier molecular flexibility index (Phi) is 7.48. The molecule has 0 radical (unpaired) electrons. The summed E-state index contributed by atoms with van der Waals surface area (Å²) in [6.07, 6.45) is 2.73. The van der Waals surface area contributed by atoms with E-state index in [-0.39, 0.29) is 5.54 Å². The number of hydrogen-bond acceptors (Lipinski definition) is 2. The van der Waals surface area contributed by atoms with Crippen molar-refractivity contribution in [3.8, 4) is 5.75 Å². The lowest BCUT2D eigenvalue weighted by Gasteiger charge is -2.16. The molecule has 0 heterocycles. The van der Waals surface area contributed by atoms with Gasteiger partial charge in [-0.3, -0.25) is 0 Å². The van der Waals surface area contributed by atoms with Crippen molar-refractivity contribution >= 4 is 0 Å². The van der Waals surface area contributed by atoms with E-state index in [1.807, 2.05) is 12.1 Å². The molecule has 0 fully saturated rings. The van der Waals surface area contributed by atoms with E-state index in [0.717, 1.165) is 25.3 Å². The highest BCUT2D eigenvalue weighted by Gasteiger charge is 2.11. The van der Waals surface area contributed by atoms with Crippen LogP contribution in [0.5, 0.6) is 5.75 Å². The van der Waals surface area contributed by atoms with Gasteiger partial charge in [-0.05, 0) is 45.7 Å². The van der Waals surface area contributed by atoms with E-state index >= 15 is 0 Å². The Morgan fingerprint density at radius 2 is 1.95 bits per heavy atom. The highest BCUT2D eigenvalue weighted by Crippen LogP contribution is 2.20. The molecule has 0 bridgehead atoms. The van der Waals surface area contributed by atoms with Crippen LogP contribution in [0.3, 0.4) is 0 Å². The van der Waals surface area contributed by atoms with E-state index < -0.39 is 0 Å². The van der Waals surface area contributed by atoms with Crippen molar-refractivity contribution in [3.05, 3.63) is 42.0 Å². The van der Waals surface area contributed by atoms with Crippen molar-refractivity contribution in [2.24, 2.45) is 0 Å². The topological polar surface area (TPSA) is 35.1 Å². The maximum atomic E-state index is 5.81. The average molecular weight is 292 g/mol. The van der Waals surface area contributed by atoms with Crippen LogP contribution in [0.25, 0.3) is 0 Å². The molecule has 0 spiro atoms. The summed E-state index contributed by atoms with van der Waals surface area (Å²) in [5.41, 5.74) is 2.70. The number of quaternary nitrogens is 1. The van der Waals surface area contributed by atoms with Gasteiger partial charge in [0.2, 0.25) is 0 Å². The summed E-state index contributed by atoms with van der Waals surface area (Å²) in [5, 5.41) is 2.29. The van der Waals surface area contributed by atoms with Gasteiger partial charge in [0.05, 0.1) is 25.3 Å². The summed E-state index contributed by atoms with van der Waals surface area (Å²) in [7, 11) is 0. The van der Waals surface area contributed by atoms with Crippen molar-refractivity contribution in [1.29, 1.82) is 0 Å². The van der Waals surface area contributed by atoms with Gasteiger partial charge in [-0.1, -0.05) is 23.8 Å². The van der Waals surface area contributed by atoms with Crippen LogP contribution in [-0.4, -0.2) is 31.9 Å². The lowest BCUT2D eigenvalue weighted by Crippen LogP contribution is -2.95. The monoisotopic (exact) mass is 292 g/mol. The number of nitrogens with two attached hydrogens (primary N) is 1. The van der Waals surface area contributed by atoms with Crippen LogP contribution in [0.2, 0.25) is 0 Å². The van der Waals surface area contributed by atoms with Gasteiger partial charge in [-0.2, -0.15) is 0 Å². The van der Waals surface area contributed by atoms with Crippen molar-refractivity contribution < 1.29 is 14.8 Å². The van der Waals surface area contributed by atoms with Crippen LogP contribution in [0.15, 0.2) is 30.9 Å². The third-order valence-corrected chi connectivity index (χ3v) is 3.08. The predicted octanol–water partition coefficient (Wildman–Crippen LogP) is 2.48. The summed E-state index contributed by atoms with van der Waals surface area (Å²) in [4.78, 5) is 0. The molecule has 0 aliphatic carbocycles. The van der Waals surface area contributed by atoms with E-state index in [1.165, 1.54) is 11.1 Å². The second kappa shape index (κ2) is 8.85. The van der Waals surface area contributed by atoms with Gasteiger partial charge >= 0.3 is 0 Å². The molecule has 0 saturated heterocycles. The Hall–Kier alpha value is -1.32. The molecular weight excluding hydrogens is 262 g/mol. The van der Waals surface area contributed by atoms with Crippen molar-refractivity contribution in [1.82, 2.24) is 0 Å². The second-order valence-corrected chi connectivity index (χ2v) is 6.42. The average Bonchev–Trinajstić information content (AvgIpc) is 2.39. The normalized spacial score (nSPS) is 11.4. The number of hydrogen-bond donors (Lipinski definition) is 1. The highest BCUT2D eigenvalue weighted by atomic mass is 16.5. The summed E-state index contributed by atoms with van der Waals surface area (Å²) >= 11 is 0. The SMILES string of the molecule is C=CCc1cc(C)ccc1OCCOCC[NH2+]C(C)(C)C. The quantitative estimate of drug-likeness (QED) is 0.560. The molecule has 1 aromatic rings. The minimum Gasteiger partial charge on any atom is -0.491 e. The first-order valence-corrected chi connectivity index (χ1v) is 7.68. The fourth-order valence-electron chi connectivity index (χ4n) is 2.05. The molecule has 21 heavy (non-hydrogen) atoms. The van der Waals surface area contributed by atoms with Gasteiger partial charge in [0.1, 0.15) is 12.4 Å². The van der Waals surface area contributed by atoms with Gasteiger partial charge in [0.15, 0.2) is 0 Å². The molecule has 0 aromatic heterocycles. The Balaban J connectivity index is 2.25. The third-order valence-electron chi connectivity index (χ3n) is 3.08. The number of ether oxygens (including phenoxy) is 2. The van der Waals surface area contributed by atoms with Gasteiger partial charge in [0.25, 0.3) is 0 Å². The molecular formula is C18H30NO2+. The van der Waals surface area contributed by atoms with Crippen LogP contribution in [0.4, 0.5) is 0 Å². The zero-order chi connectivity index (χ0) is 15.7. The second-order valence-electron chi connectivity index (χ2n) is 6.42. The van der Waals surface area contributed by atoms with Crippen molar-refractivity contribution in [2.45, 2.75) is 39.7 Å². The zero-order valence-electron chi connectivity index (χ0n) is 13.9. The summed E-state index contributed by atoms with van der Waals surface area (Å²) < 4.78 is 11.4. The highest BCUT2D eigenvalue weighted by molar-refractivity contribution is 5.38. The first-order valence-electron chi connectivity index (χ1n) is 7.68. The minimum atomic E-state index is 0.265. The molecule has 0 amide bonds. The number of benzene rings is 1. The molecule has 0 unspecified atom stereocenters. The lowest BCUT2D eigenvalue weighted by molar-refractivity contribution is -0.718. The smallest absolute Gasteiger partial charge is 0.122 e. The molecule has 1 rings (SSSR count). The summed E-state index contributed by atoms with van der Waals surface area (Å²) in [6, 6.07) is 6.25. The van der Waals surface area contributed by atoms with E-state index in [0.29, 0.717) is 13.2 Å². The first kappa shape index (κ1) is 17.7. The van der Waals surface area contributed by atoms with Crippen LogP contribution >= 0.6 is 0 Å². The Morgan fingerprint density at radius 3 is 2.62 bits per heavy atom. The molecule has 2 N–H and O–H groups in total. The van der Waals surface area contributed by atoms with E-state index in [2.05, 4.69) is 51.7 Å². The summed E-state index contributed by atoms with van der Waals surface area (Å²) in [5.74, 6) is 0.936. The van der Waals surface area contributed by atoms with E-state index in [1.54, 1.807) is 0 Å². The Labute approximate surface area is 129 Å². The van der Waals surface area contributed by atoms with Gasteiger partial charge in [-0.15, -0.1) is 6.58 Å². The molecule has 0 aliphatic heterocycles. The molecule has 1 aromatic carbocycles. The van der Waals surface area contributed by atoms with Gasteiger partial charge < -0.3 is 14.8 Å². The third kappa shape index (κ3) is 7.88. The van der Waals surface area contributed by atoms with Gasteiger partial charge in [-0.25, -0.2) is 0 Å². The Bertz CT molecular complexity index is 435. The fraction of sp³-hybridized carbons (Fsp3) is 0.556. The number of aryl methyl sites for hydroxylation is 1. The standard InChI is InChI=1S/C18H29NO2/c1-6-7-16-14-15(2)8-9-17(16)21-13-12-20-11-10-19-18(3,4)5/h6,8-9,14,19H,1,7,10-13H2,2-5H3/p+1. The van der Waals surface area contributed by atoms with E-state index in [9.17, 15) is 0 Å². The van der Waals surface area contributed by atoms with Crippen LogP contribution in [0, 0.1) is 6.92 Å². The van der Waals surface area contributed by atoms with Crippen LogP contribution in [0.1, 0.15) is 31.9 Å². The summed E-state index contributed by atoms with van der Waals surface area (Å²) in [6.45, 7) is 15.4. The molecule has 118 valence electrons. The lowest BCUT2D eigenvalue weighted by atomic mass is 10.1. The van der Waals surface area contributed by atoms with E-state index in [4.69, 9.17) is 9.47 Å². The van der Waals surface area contributed by atoms with Crippen LogP contribution in [-0.2, 0) is 11.2 Å². The van der Waals surface area contributed by atoms with Gasteiger partial charge in [0, 0.05) is 0 Å². The molecule has 3 nitrogen and oxygen atoms in total. The molecule has 0 aliphatic rings. The fourth-order valence-corrected chi connectivity index (χ4v) is 2.05. The predicted molar refractivity (Wildman–Crippen MR) is 87.9 cm³/mol. The maximum absolute atomic E-state index is 5.81. The molecule has 3 heteroatoms. The Morgan fingerprint density at radius 1 is 1.19 bits per heavy atom. The maximum Gasteiger partial charge on any atom is 0.122 e.